The number of aryl methyl sites for hydroxylation is 4. The fourth-order valence-corrected chi connectivity index (χ4v) is 3.58. The molecule has 0 radical (unpaired) electrons. The molecule has 0 N–H and O–H groups in total. The number of rotatable bonds is 0. The van der Waals surface area contributed by atoms with Crippen molar-refractivity contribution in [2.75, 3.05) is 0 Å². The molecule has 24 heavy (non-hydrogen) atoms. The number of hydrogen-bond donors (Lipinski definition) is 0. The second kappa shape index (κ2) is 4.81. The van der Waals surface area contributed by atoms with Crippen LogP contribution in [0.2, 0.25) is 0 Å². The highest BCUT2D eigenvalue weighted by molar-refractivity contribution is 5.98. The molecule has 0 aliphatic heterocycles. The molecule has 120 valence electrons. The minimum absolute atomic E-state index is 0.0936. The Hall–Kier alpha value is -2.88. The molecular formula is C20H18N2O2. The van der Waals surface area contributed by atoms with Gasteiger partial charge in [-0.25, -0.2) is 0 Å². The molecule has 4 heteroatoms. The van der Waals surface area contributed by atoms with Crippen LogP contribution >= 0.6 is 0 Å². The average molecular weight is 318 g/mol. The van der Waals surface area contributed by atoms with Gasteiger partial charge in [0.15, 0.2) is 0 Å². The number of nitrogens with zero attached hydrogens (tertiary/aromatic N) is 2. The lowest BCUT2D eigenvalue weighted by atomic mass is 10.1. The number of pyridine rings is 2. The van der Waals surface area contributed by atoms with Gasteiger partial charge in [-0.3, -0.25) is 9.59 Å². The van der Waals surface area contributed by atoms with Crippen LogP contribution in [0, 0.1) is 13.8 Å². The van der Waals surface area contributed by atoms with Gasteiger partial charge in [-0.05, 0) is 38.1 Å². The van der Waals surface area contributed by atoms with Crippen LogP contribution in [0.5, 0.6) is 0 Å². The maximum atomic E-state index is 13.1. The normalized spacial score (nSPS) is 11.7. The van der Waals surface area contributed by atoms with Gasteiger partial charge in [0.05, 0.1) is 11.0 Å². The lowest BCUT2D eigenvalue weighted by Crippen LogP contribution is -2.21. The van der Waals surface area contributed by atoms with Crippen molar-refractivity contribution in [3.05, 3.63) is 68.0 Å². The van der Waals surface area contributed by atoms with Gasteiger partial charge in [0.1, 0.15) is 11.0 Å². The first-order chi connectivity index (χ1) is 11.4. The molecule has 0 fully saturated rings. The summed E-state index contributed by atoms with van der Waals surface area (Å²) in [6, 6.07) is 11.5. The minimum Gasteiger partial charge on any atom is -0.339 e. The van der Waals surface area contributed by atoms with E-state index in [-0.39, 0.29) is 10.9 Å². The molecule has 0 aliphatic carbocycles. The van der Waals surface area contributed by atoms with Gasteiger partial charge in [-0.2, -0.15) is 0 Å². The van der Waals surface area contributed by atoms with Crippen molar-refractivity contribution in [1.29, 1.82) is 0 Å². The Bertz CT molecular complexity index is 1180. The van der Waals surface area contributed by atoms with E-state index in [4.69, 9.17) is 0 Å². The summed E-state index contributed by atoms with van der Waals surface area (Å²) in [6.45, 7) is 3.93. The van der Waals surface area contributed by atoms with Gasteiger partial charge < -0.3 is 9.13 Å². The van der Waals surface area contributed by atoms with Crippen molar-refractivity contribution in [3.8, 4) is 0 Å². The van der Waals surface area contributed by atoms with Gasteiger partial charge in [-0.1, -0.05) is 23.3 Å². The molecule has 0 aliphatic rings. The average Bonchev–Trinajstić information content (AvgIpc) is 2.55. The molecule has 0 saturated heterocycles. The fraction of sp³-hybridized carbons (Fsp3) is 0.200. The maximum absolute atomic E-state index is 13.1. The minimum atomic E-state index is -0.0936. The van der Waals surface area contributed by atoms with Gasteiger partial charge >= 0.3 is 0 Å². The maximum Gasteiger partial charge on any atom is 0.213 e. The highest BCUT2D eigenvalue weighted by Crippen LogP contribution is 2.21. The standard InChI is InChI=1S/C20H18N2O2/c1-11-5-7-15-13(9-11)19(23)17-18(21(15)3)20(24)14-10-12(2)6-8-16(14)22(17)4/h5-10H,1-4H3. The monoisotopic (exact) mass is 318 g/mol. The number of benzene rings is 2. The smallest absolute Gasteiger partial charge is 0.213 e. The molecule has 4 nitrogen and oxygen atoms in total. The van der Waals surface area contributed by atoms with Crippen molar-refractivity contribution in [3.63, 3.8) is 0 Å². The third-order valence-corrected chi connectivity index (χ3v) is 4.84. The summed E-state index contributed by atoms with van der Waals surface area (Å²) in [7, 11) is 3.70. The molecule has 0 atom stereocenters. The van der Waals surface area contributed by atoms with E-state index in [9.17, 15) is 9.59 Å². The zero-order valence-corrected chi connectivity index (χ0v) is 14.2. The molecular weight excluding hydrogens is 300 g/mol. The summed E-state index contributed by atoms with van der Waals surface area (Å²) >= 11 is 0. The predicted octanol–water partition coefficient (Wildman–Crippen LogP) is 3.16. The molecule has 4 aromatic rings. The van der Waals surface area contributed by atoms with Crippen LogP contribution in [0.4, 0.5) is 0 Å². The SMILES string of the molecule is Cc1ccc2c(c1)c(=O)c1c(c(=O)c3cc(C)ccc3n1C)n2C. The molecule has 0 spiro atoms. The second-order valence-corrected chi connectivity index (χ2v) is 6.51. The third-order valence-electron chi connectivity index (χ3n) is 4.84. The molecule has 0 saturated carbocycles. The summed E-state index contributed by atoms with van der Waals surface area (Å²) in [6.07, 6.45) is 0. The summed E-state index contributed by atoms with van der Waals surface area (Å²) in [5, 5.41) is 1.29. The highest BCUT2D eigenvalue weighted by Gasteiger charge is 2.17. The first-order valence-corrected chi connectivity index (χ1v) is 7.92. The Balaban J connectivity index is 2.43. The third kappa shape index (κ3) is 1.80. The first-order valence-electron chi connectivity index (χ1n) is 7.92. The highest BCUT2D eigenvalue weighted by atomic mass is 16.1. The lowest BCUT2D eigenvalue weighted by molar-refractivity contribution is 0.953. The zero-order valence-electron chi connectivity index (χ0n) is 14.2. The van der Waals surface area contributed by atoms with Crippen LogP contribution in [0.1, 0.15) is 11.1 Å². The van der Waals surface area contributed by atoms with E-state index in [1.165, 1.54) is 0 Å². The first kappa shape index (κ1) is 14.7. The predicted molar refractivity (Wildman–Crippen MR) is 98.9 cm³/mol. The van der Waals surface area contributed by atoms with Gasteiger partial charge in [0.2, 0.25) is 10.9 Å². The van der Waals surface area contributed by atoms with E-state index in [1.807, 2.05) is 73.5 Å². The molecule has 0 unspecified atom stereocenters. The van der Waals surface area contributed by atoms with E-state index in [2.05, 4.69) is 0 Å². The van der Waals surface area contributed by atoms with Crippen LogP contribution in [0.25, 0.3) is 32.8 Å². The summed E-state index contributed by atoms with van der Waals surface area (Å²) in [5.74, 6) is 0. The zero-order chi connectivity index (χ0) is 17.2. The quantitative estimate of drug-likeness (QED) is 0.467. The van der Waals surface area contributed by atoms with Gasteiger partial charge in [-0.15, -0.1) is 0 Å². The topological polar surface area (TPSA) is 44.0 Å². The van der Waals surface area contributed by atoms with Crippen molar-refractivity contribution in [2.24, 2.45) is 14.1 Å². The van der Waals surface area contributed by atoms with Crippen LogP contribution in [0.15, 0.2) is 46.0 Å². The van der Waals surface area contributed by atoms with E-state index in [0.717, 1.165) is 22.2 Å². The number of aromatic nitrogens is 2. The molecule has 0 bridgehead atoms. The van der Waals surface area contributed by atoms with Gasteiger partial charge in [0.25, 0.3) is 0 Å². The molecule has 4 rings (SSSR count). The second-order valence-electron chi connectivity index (χ2n) is 6.51. The largest absolute Gasteiger partial charge is 0.339 e. The van der Waals surface area contributed by atoms with Gasteiger partial charge in [0, 0.05) is 24.9 Å². The summed E-state index contributed by atoms with van der Waals surface area (Å²) in [4.78, 5) is 26.2. The Labute approximate surface area is 138 Å². The number of hydrogen-bond acceptors (Lipinski definition) is 2. The van der Waals surface area contributed by atoms with E-state index in [1.54, 1.807) is 0 Å². The fourth-order valence-electron chi connectivity index (χ4n) is 3.58. The van der Waals surface area contributed by atoms with Crippen LogP contribution in [-0.2, 0) is 14.1 Å². The van der Waals surface area contributed by atoms with Crippen molar-refractivity contribution in [2.45, 2.75) is 13.8 Å². The molecule has 2 aromatic heterocycles. The van der Waals surface area contributed by atoms with E-state index < -0.39 is 0 Å². The van der Waals surface area contributed by atoms with Crippen molar-refractivity contribution >= 4 is 32.8 Å². The van der Waals surface area contributed by atoms with Crippen LogP contribution in [0.3, 0.4) is 0 Å². The Morgan fingerprint density at radius 1 is 0.667 bits per heavy atom. The molecule has 0 amide bonds. The van der Waals surface area contributed by atoms with Crippen LogP contribution < -0.4 is 10.9 Å². The Morgan fingerprint density at radius 2 is 1.04 bits per heavy atom. The van der Waals surface area contributed by atoms with Crippen molar-refractivity contribution in [1.82, 2.24) is 9.13 Å². The summed E-state index contributed by atoms with van der Waals surface area (Å²) < 4.78 is 3.69. The lowest BCUT2D eigenvalue weighted by Gasteiger charge is -2.15. The molecule has 2 aromatic carbocycles. The Morgan fingerprint density at radius 3 is 1.42 bits per heavy atom. The Kier molecular flexibility index (Phi) is 2.94. The molecule has 2 heterocycles. The summed E-state index contributed by atoms with van der Waals surface area (Å²) in [5.41, 5.74) is 4.34. The van der Waals surface area contributed by atoms with Crippen LogP contribution in [-0.4, -0.2) is 9.13 Å². The number of fused-ring (bicyclic) bond motifs is 3. The van der Waals surface area contributed by atoms with E-state index in [0.29, 0.717) is 21.8 Å². The van der Waals surface area contributed by atoms with E-state index >= 15 is 0 Å². The van der Waals surface area contributed by atoms with Crippen molar-refractivity contribution < 1.29 is 0 Å².